The minimum Gasteiger partial charge on any atom is -0.478 e. The average Bonchev–Trinajstić information content (AvgIpc) is 1.86. The zero-order valence-corrected chi connectivity index (χ0v) is 6.41. The van der Waals surface area contributed by atoms with Gasteiger partial charge < -0.3 is 5.11 Å². The molecule has 0 aliphatic heterocycles. The lowest BCUT2D eigenvalue weighted by Crippen LogP contribution is -2.13. The van der Waals surface area contributed by atoms with E-state index >= 15 is 0 Å². The summed E-state index contributed by atoms with van der Waals surface area (Å²) >= 11 is 4.72. The fraction of sp³-hybridized carbons (Fsp3) is 0.167. The van der Waals surface area contributed by atoms with E-state index in [1.165, 1.54) is 0 Å². The van der Waals surface area contributed by atoms with Crippen LogP contribution in [0.3, 0.4) is 0 Å². The van der Waals surface area contributed by atoms with Crippen molar-refractivity contribution < 1.29 is 23.1 Å². The highest BCUT2D eigenvalue weighted by molar-refractivity contribution is 6.32. The molecule has 0 aliphatic rings. The first-order valence-electron chi connectivity index (χ1n) is 2.63. The van der Waals surface area contributed by atoms with E-state index in [0.29, 0.717) is 6.08 Å². The van der Waals surface area contributed by atoms with Crippen molar-refractivity contribution in [3.63, 3.8) is 0 Å². The van der Waals surface area contributed by atoms with Crippen LogP contribution in [0.15, 0.2) is 23.3 Å². The smallest absolute Gasteiger partial charge is 0.427 e. The van der Waals surface area contributed by atoms with Gasteiger partial charge in [0.2, 0.25) is 0 Å². The molecule has 0 aromatic heterocycles. The number of hydrogen-bond acceptors (Lipinski definition) is 1. The van der Waals surface area contributed by atoms with Crippen LogP contribution in [-0.2, 0) is 4.79 Å². The number of carboxylic acid groups (broad SMARTS) is 1. The highest BCUT2D eigenvalue weighted by Crippen LogP contribution is 2.31. The summed E-state index contributed by atoms with van der Waals surface area (Å²) in [5, 5.41) is 6.52. The van der Waals surface area contributed by atoms with Gasteiger partial charge in [-0.1, -0.05) is 24.3 Å². The third-order valence-electron chi connectivity index (χ3n) is 0.920. The van der Waals surface area contributed by atoms with Gasteiger partial charge in [0.1, 0.15) is 5.03 Å². The molecule has 2 nitrogen and oxygen atoms in total. The lowest BCUT2D eigenvalue weighted by Gasteiger charge is -2.05. The number of halogens is 4. The summed E-state index contributed by atoms with van der Waals surface area (Å²) in [4.78, 5) is 10.1. The molecular weight excluding hydrogens is 197 g/mol. The summed E-state index contributed by atoms with van der Waals surface area (Å²) in [6, 6.07) is 0. The molecule has 0 aromatic carbocycles. The molecule has 0 atom stereocenters. The van der Waals surface area contributed by atoms with Gasteiger partial charge in [0, 0.05) is 0 Å². The summed E-state index contributed by atoms with van der Waals surface area (Å²) in [6.45, 7) is 2.89. The third-order valence-corrected chi connectivity index (χ3v) is 1.34. The molecule has 12 heavy (non-hydrogen) atoms. The quantitative estimate of drug-likeness (QED) is 0.549. The number of alkyl halides is 3. The fourth-order valence-corrected chi connectivity index (χ4v) is 0.581. The molecule has 68 valence electrons. The predicted octanol–water partition coefficient (Wildman–Crippen LogP) is 2.31. The van der Waals surface area contributed by atoms with Crippen LogP contribution in [0, 0.1) is 0 Å². The van der Waals surface area contributed by atoms with Crippen molar-refractivity contribution in [3.05, 3.63) is 23.3 Å². The Bertz CT molecular complexity index is 242. The zero-order chi connectivity index (χ0) is 9.94. The number of rotatable bonds is 2. The summed E-state index contributed by atoms with van der Waals surface area (Å²) in [7, 11) is 0. The van der Waals surface area contributed by atoms with Gasteiger partial charge in [0.25, 0.3) is 0 Å². The molecule has 0 rings (SSSR count). The van der Waals surface area contributed by atoms with Gasteiger partial charge in [-0.3, -0.25) is 0 Å². The van der Waals surface area contributed by atoms with Gasteiger partial charge >= 0.3 is 12.1 Å². The van der Waals surface area contributed by atoms with E-state index in [2.05, 4.69) is 6.58 Å². The summed E-state index contributed by atoms with van der Waals surface area (Å²) in [5.74, 6) is -1.76. The zero-order valence-electron chi connectivity index (χ0n) is 5.65. The Morgan fingerprint density at radius 1 is 1.50 bits per heavy atom. The second-order valence-electron chi connectivity index (χ2n) is 1.73. The van der Waals surface area contributed by atoms with Crippen LogP contribution in [0.4, 0.5) is 13.2 Å². The number of carbonyl (C=O) groups is 1. The Labute approximate surface area is 70.9 Å². The molecule has 0 unspecified atom stereocenters. The minimum atomic E-state index is -4.84. The van der Waals surface area contributed by atoms with Crippen molar-refractivity contribution >= 4 is 17.6 Å². The van der Waals surface area contributed by atoms with Crippen LogP contribution in [-0.4, -0.2) is 17.3 Å². The monoisotopic (exact) mass is 200 g/mol. The summed E-state index contributed by atoms with van der Waals surface area (Å²) in [6.07, 6.45) is -4.30. The predicted molar refractivity (Wildman–Crippen MR) is 36.8 cm³/mol. The van der Waals surface area contributed by atoms with Crippen molar-refractivity contribution in [2.75, 3.05) is 0 Å². The van der Waals surface area contributed by atoms with Gasteiger partial charge in [-0.2, -0.15) is 13.2 Å². The maximum absolute atomic E-state index is 11.7. The van der Waals surface area contributed by atoms with Crippen molar-refractivity contribution in [2.45, 2.75) is 6.18 Å². The molecule has 0 fully saturated rings. The van der Waals surface area contributed by atoms with Crippen LogP contribution >= 0.6 is 11.6 Å². The maximum atomic E-state index is 11.7. The van der Waals surface area contributed by atoms with E-state index in [4.69, 9.17) is 16.7 Å². The molecule has 1 N–H and O–H groups in total. The molecule has 0 aliphatic carbocycles. The Balaban J connectivity index is 5.12. The first kappa shape index (κ1) is 11.0. The molecule has 0 amide bonds. The van der Waals surface area contributed by atoms with Gasteiger partial charge in [-0.25, -0.2) is 4.79 Å². The fourth-order valence-electron chi connectivity index (χ4n) is 0.424. The lowest BCUT2D eigenvalue weighted by atomic mass is 10.2. The number of hydrogen-bond donors (Lipinski definition) is 1. The molecule has 6 heteroatoms. The van der Waals surface area contributed by atoms with E-state index in [9.17, 15) is 18.0 Å². The molecule has 0 saturated heterocycles. The van der Waals surface area contributed by atoms with E-state index in [1.54, 1.807) is 0 Å². The van der Waals surface area contributed by atoms with E-state index in [-0.39, 0.29) is 0 Å². The number of carboxylic acids is 1. The van der Waals surface area contributed by atoms with Crippen molar-refractivity contribution in [2.24, 2.45) is 0 Å². The SMILES string of the molecule is C=CC(C(=O)O)=C(Cl)C(F)(F)F. The first-order valence-corrected chi connectivity index (χ1v) is 3.01. The van der Waals surface area contributed by atoms with Crippen LogP contribution in [0.1, 0.15) is 0 Å². The van der Waals surface area contributed by atoms with Gasteiger partial charge in [0.05, 0.1) is 5.57 Å². The Morgan fingerprint density at radius 2 is 1.92 bits per heavy atom. The Hall–Kier alpha value is -0.970. The van der Waals surface area contributed by atoms with Gasteiger partial charge in [-0.05, 0) is 0 Å². The van der Waals surface area contributed by atoms with Crippen molar-refractivity contribution in [1.82, 2.24) is 0 Å². The van der Waals surface area contributed by atoms with Crippen LogP contribution < -0.4 is 0 Å². The first-order chi connectivity index (χ1) is 5.30. The lowest BCUT2D eigenvalue weighted by molar-refractivity contribution is -0.133. The molecule has 0 spiro atoms. The maximum Gasteiger partial charge on any atom is 0.427 e. The van der Waals surface area contributed by atoms with Crippen molar-refractivity contribution in [1.29, 1.82) is 0 Å². The highest BCUT2D eigenvalue weighted by Gasteiger charge is 2.36. The van der Waals surface area contributed by atoms with E-state index in [0.717, 1.165) is 0 Å². The van der Waals surface area contributed by atoms with Crippen LogP contribution in [0.25, 0.3) is 0 Å². The minimum absolute atomic E-state index is 0.540. The van der Waals surface area contributed by atoms with Gasteiger partial charge in [-0.15, -0.1) is 0 Å². The number of aliphatic carboxylic acids is 1. The Kier molecular flexibility index (Phi) is 3.33. The summed E-state index contributed by atoms with van der Waals surface area (Å²) < 4.78 is 35.2. The Morgan fingerprint density at radius 3 is 2.00 bits per heavy atom. The molecule has 0 bridgehead atoms. The van der Waals surface area contributed by atoms with E-state index < -0.39 is 22.8 Å². The topological polar surface area (TPSA) is 37.3 Å². The average molecular weight is 201 g/mol. The molecule has 0 saturated carbocycles. The van der Waals surface area contributed by atoms with Crippen LogP contribution in [0.5, 0.6) is 0 Å². The largest absolute Gasteiger partial charge is 0.478 e. The normalized spacial score (nSPS) is 13.7. The van der Waals surface area contributed by atoms with Crippen LogP contribution in [0.2, 0.25) is 0 Å². The summed E-state index contributed by atoms with van der Waals surface area (Å²) in [5.41, 5.74) is -1.05. The van der Waals surface area contributed by atoms with E-state index in [1.807, 2.05) is 0 Å². The molecule has 0 radical (unpaired) electrons. The molecule has 0 heterocycles. The highest BCUT2D eigenvalue weighted by atomic mass is 35.5. The van der Waals surface area contributed by atoms with Gasteiger partial charge in [0.15, 0.2) is 0 Å². The third kappa shape index (κ3) is 2.58. The van der Waals surface area contributed by atoms with Crippen molar-refractivity contribution in [3.8, 4) is 0 Å². The second-order valence-corrected chi connectivity index (χ2v) is 2.11. The molecular formula is C6H4ClF3O2. The standard InChI is InChI=1S/C6H4ClF3O2/c1-2-3(5(11)12)4(7)6(8,9)10/h2H,1H2,(H,11,12). The number of allylic oxidation sites excluding steroid dienone is 1. The second kappa shape index (κ2) is 3.62. The molecule has 0 aromatic rings.